The molecule has 1 fully saturated rings. The molecule has 2 N–H and O–H groups in total. The first-order valence-electron chi connectivity index (χ1n) is 11.3. The van der Waals surface area contributed by atoms with Gasteiger partial charge in [-0.05, 0) is 32.8 Å². The molecule has 1 aromatic carbocycles. The number of anilines is 1. The Morgan fingerprint density at radius 2 is 1.91 bits per heavy atom. The molecule has 1 aliphatic rings. The molecule has 1 atom stereocenters. The molecule has 0 aliphatic carbocycles. The van der Waals surface area contributed by atoms with Crippen LogP contribution in [0.1, 0.15) is 31.3 Å². The van der Waals surface area contributed by atoms with Crippen molar-refractivity contribution in [2.24, 2.45) is 12.8 Å². The van der Waals surface area contributed by atoms with E-state index < -0.39 is 5.69 Å². The van der Waals surface area contributed by atoms with Gasteiger partial charge in [0, 0.05) is 43.8 Å². The fraction of sp³-hybridized carbons (Fsp3) is 0.435. The minimum Gasteiger partial charge on any atom is -0.341 e. The number of nitrogens with zero attached hydrogens (tertiary/aromatic N) is 7. The van der Waals surface area contributed by atoms with Gasteiger partial charge in [0.05, 0.1) is 12.1 Å². The number of rotatable bonds is 4. The monoisotopic (exact) mass is 448 g/mol. The lowest BCUT2D eigenvalue weighted by molar-refractivity contribution is 0.494. The largest absolute Gasteiger partial charge is 0.341 e. The normalized spacial score (nSPS) is 16.7. The van der Waals surface area contributed by atoms with Crippen LogP contribution in [-0.4, -0.2) is 47.8 Å². The van der Waals surface area contributed by atoms with Crippen LogP contribution in [0.4, 0.5) is 5.95 Å². The third-order valence-electron chi connectivity index (χ3n) is 6.41. The highest BCUT2D eigenvalue weighted by atomic mass is 16.2. The molecule has 10 nitrogen and oxygen atoms in total. The van der Waals surface area contributed by atoms with Gasteiger partial charge < -0.3 is 15.2 Å². The molecule has 0 spiro atoms. The van der Waals surface area contributed by atoms with E-state index in [2.05, 4.69) is 14.9 Å². The molecule has 33 heavy (non-hydrogen) atoms. The van der Waals surface area contributed by atoms with E-state index in [0.717, 1.165) is 36.0 Å². The summed E-state index contributed by atoms with van der Waals surface area (Å²) >= 11 is 0. The van der Waals surface area contributed by atoms with Gasteiger partial charge in [-0.15, -0.1) is 0 Å². The standard InChI is InChI=1S/C23H28N8O2/c1-4-30-19-20(27-22(30)29-11-7-8-15(24)12-29)28(3)23(33)31(21(19)32)13-18-25-14(2)16-9-5-6-10-17(16)26-18/h5-6,9-10,15H,4,7-8,11-13,24H2,1-3H3/t15-/m1/s1. The van der Waals surface area contributed by atoms with E-state index in [1.165, 1.54) is 9.13 Å². The quantitative estimate of drug-likeness (QED) is 0.498. The number of imidazole rings is 1. The minimum absolute atomic E-state index is 0.00800. The SMILES string of the molecule is CCn1c(N2CCC[C@@H](N)C2)nc2c1c(=O)n(Cc1nc(C)c3ccccc3n1)c(=O)n2C. The van der Waals surface area contributed by atoms with Crippen molar-refractivity contribution in [3.63, 3.8) is 0 Å². The zero-order valence-corrected chi connectivity index (χ0v) is 19.2. The topological polar surface area (TPSA) is 117 Å². The van der Waals surface area contributed by atoms with E-state index in [1.54, 1.807) is 7.05 Å². The molecule has 0 radical (unpaired) electrons. The van der Waals surface area contributed by atoms with Crippen molar-refractivity contribution < 1.29 is 0 Å². The number of hydrogen-bond donors (Lipinski definition) is 1. The highest BCUT2D eigenvalue weighted by Crippen LogP contribution is 2.23. The highest BCUT2D eigenvalue weighted by molar-refractivity contribution is 5.80. The lowest BCUT2D eigenvalue weighted by Crippen LogP contribution is -2.44. The summed E-state index contributed by atoms with van der Waals surface area (Å²) in [6.45, 7) is 5.92. The van der Waals surface area contributed by atoms with E-state index in [0.29, 0.717) is 36.0 Å². The van der Waals surface area contributed by atoms with Crippen LogP contribution in [0.15, 0.2) is 33.9 Å². The van der Waals surface area contributed by atoms with Gasteiger partial charge in [0.25, 0.3) is 5.56 Å². The van der Waals surface area contributed by atoms with Gasteiger partial charge in [-0.25, -0.2) is 14.8 Å². The van der Waals surface area contributed by atoms with Crippen LogP contribution in [0.2, 0.25) is 0 Å². The predicted octanol–water partition coefficient (Wildman–Crippen LogP) is 1.14. The molecular formula is C23H28N8O2. The van der Waals surface area contributed by atoms with Crippen molar-refractivity contribution in [2.75, 3.05) is 18.0 Å². The Balaban J connectivity index is 1.66. The molecule has 0 bridgehead atoms. The van der Waals surface area contributed by atoms with Crippen molar-refractivity contribution in [3.05, 3.63) is 56.6 Å². The second-order valence-electron chi connectivity index (χ2n) is 8.65. The lowest BCUT2D eigenvalue weighted by Gasteiger charge is -2.31. The third kappa shape index (κ3) is 3.50. The summed E-state index contributed by atoms with van der Waals surface area (Å²) in [7, 11) is 1.64. The van der Waals surface area contributed by atoms with Gasteiger partial charge in [-0.1, -0.05) is 18.2 Å². The van der Waals surface area contributed by atoms with E-state index in [-0.39, 0.29) is 18.1 Å². The van der Waals surface area contributed by atoms with E-state index in [1.807, 2.05) is 42.7 Å². The molecule has 10 heteroatoms. The number of nitrogens with two attached hydrogens (primary N) is 1. The summed E-state index contributed by atoms with van der Waals surface area (Å²) in [5.74, 6) is 1.11. The first-order chi connectivity index (χ1) is 15.9. The molecule has 5 rings (SSSR count). The van der Waals surface area contributed by atoms with E-state index >= 15 is 0 Å². The second kappa shape index (κ2) is 8.11. The molecule has 0 amide bonds. The summed E-state index contributed by atoms with van der Waals surface area (Å²) in [4.78, 5) is 42.7. The fourth-order valence-electron chi connectivity index (χ4n) is 4.74. The average molecular weight is 449 g/mol. The lowest BCUT2D eigenvalue weighted by atomic mass is 10.1. The van der Waals surface area contributed by atoms with Crippen LogP contribution in [0.3, 0.4) is 0 Å². The summed E-state index contributed by atoms with van der Waals surface area (Å²) in [6, 6.07) is 7.77. The first-order valence-corrected chi connectivity index (χ1v) is 11.3. The number of para-hydroxylation sites is 1. The summed E-state index contributed by atoms with van der Waals surface area (Å²) in [5, 5.41) is 0.949. The van der Waals surface area contributed by atoms with Crippen LogP contribution in [0.5, 0.6) is 0 Å². The number of piperidine rings is 1. The first kappa shape index (κ1) is 21.3. The molecule has 1 aliphatic heterocycles. The number of aromatic nitrogens is 6. The van der Waals surface area contributed by atoms with E-state index in [9.17, 15) is 9.59 Å². The Kier molecular flexibility index (Phi) is 5.24. The van der Waals surface area contributed by atoms with Crippen molar-refractivity contribution in [2.45, 2.75) is 45.8 Å². The van der Waals surface area contributed by atoms with Crippen molar-refractivity contribution in [1.82, 2.24) is 28.7 Å². The van der Waals surface area contributed by atoms with Gasteiger partial charge in [-0.2, -0.15) is 4.98 Å². The Hall–Kier alpha value is -3.53. The second-order valence-corrected chi connectivity index (χ2v) is 8.65. The fourth-order valence-corrected chi connectivity index (χ4v) is 4.74. The number of fused-ring (bicyclic) bond motifs is 2. The van der Waals surface area contributed by atoms with Crippen LogP contribution in [-0.2, 0) is 20.1 Å². The zero-order chi connectivity index (χ0) is 23.3. The summed E-state index contributed by atoms with van der Waals surface area (Å²) < 4.78 is 4.52. The van der Waals surface area contributed by atoms with Gasteiger partial charge in [0.15, 0.2) is 11.2 Å². The van der Waals surface area contributed by atoms with Crippen molar-refractivity contribution >= 4 is 28.0 Å². The van der Waals surface area contributed by atoms with Crippen LogP contribution < -0.4 is 21.9 Å². The Morgan fingerprint density at radius 1 is 1.12 bits per heavy atom. The average Bonchev–Trinajstić information content (AvgIpc) is 3.20. The molecule has 172 valence electrons. The molecule has 1 saturated heterocycles. The summed E-state index contributed by atoms with van der Waals surface area (Å²) in [5.41, 5.74) is 7.74. The smallest absolute Gasteiger partial charge is 0.332 e. The Morgan fingerprint density at radius 3 is 2.67 bits per heavy atom. The van der Waals surface area contributed by atoms with Crippen LogP contribution >= 0.6 is 0 Å². The predicted molar refractivity (Wildman–Crippen MR) is 128 cm³/mol. The van der Waals surface area contributed by atoms with Gasteiger partial charge in [-0.3, -0.25) is 13.9 Å². The third-order valence-corrected chi connectivity index (χ3v) is 6.41. The van der Waals surface area contributed by atoms with Gasteiger partial charge >= 0.3 is 5.69 Å². The highest BCUT2D eigenvalue weighted by Gasteiger charge is 2.26. The molecule has 0 unspecified atom stereocenters. The van der Waals surface area contributed by atoms with Crippen molar-refractivity contribution in [1.29, 1.82) is 0 Å². The van der Waals surface area contributed by atoms with Crippen LogP contribution in [0.25, 0.3) is 22.1 Å². The zero-order valence-electron chi connectivity index (χ0n) is 19.2. The number of benzene rings is 1. The molecule has 4 aromatic rings. The molecular weight excluding hydrogens is 420 g/mol. The summed E-state index contributed by atoms with van der Waals surface area (Å²) in [6.07, 6.45) is 1.94. The minimum atomic E-state index is -0.440. The molecule has 4 heterocycles. The number of hydrogen-bond acceptors (Lipinski definition) is 7. The van der Waals surface area contributed by atoms with Crippen molar-refractivity contribution in [3.8, 4) is 0 Å². The maximum absolute atomic E-state index is 13.6. The van der Waals surface area contributed by atoms with Crippen LogP contribution in [0, 0.1) is 6.92 Å². The maximum Gasteiger partial charge on any atom is 0.332 e. The van der Waals surface area contributed by atoms with Gasteiger partial charge in [0.2, 0.25) is 5.95 Å². The Labute approximate surface area is 190 Å². The Bertz CT molecular complexity index is 1480. The van der Waals surface area contributed by atoms with E-state index in [4.69, 9.17) is 10.7 Å². The molecule has 0 saturated carbocycles. The number of aryl methyl sites for hydroxylation is 3. The molecule has 3 aromatic heterocycles. The van der Waals surface area contributed by atoms with Gasteiger partial charge in [0.1, 0.15) is 5.82 Å². The maximum atomic E-state index is 13.6.